The van der Waals surface area contributed by atoms with E-state index in [9.17, 15) is 4.79 Å². The molecule has 1 aliphatic rings. The zero-order valence-electron chi connectivity index (χ0n) is 11.5. The second-order valence-electron chi connectivity index (χ2n) is 4.60. The van der Waals surface area contributed by atoms with Crippen molar-refractivity contribution < 1.29 is 9.53 Å². The summed E-state index contributed by atoms with van der Waals surface area (Å²) in [7, 11) is 1.52. The molecule has 1 fully saturated rings. The topological polar surface area (TPSA) is 77.4 Å². The Hall–Kier alpha value is -2.10. The van der Waals surface area contributed by atoms with Crippen molar-refractivity contribution in [2.75, 3.05) is 45.2 Å². The molecule has 0 spiro atoms. The fraction of sp³-hybridized carbons (Fsp3) is 0.429. The number of benzene rings is 1. The monoisotopic (exact) mass is 274 g/mol. The quantitative estimate of drug-likeness (QED) is 0.831. The summed E-state index contributed by atoms with van der Waals surface area (Å²) in [6.45, 7) is 3.93. The third-order valence-electron chi connectivity index (χ3n) is 3.18. The van der Waals surface area contributed by atoms with Gasteiger partial charge in [0.25, 0.3) is 0 Å². The molecule has 0 aliphatic carbocycles. The Morgan fingerprint density at radius 1 is 1.50 bits per heavy atom. The van der Waals surface area contributed by atoms with Crippen LogP contribution in [-0.4, -0.2) is 50.6 Å². The minimum Gasteiger partial charge on any atom is -0.495 e. The first-order valence-electron chi connectivity index (χ1n) is 6.54. The third-order valence-corrected chi connectivity index (χ3v) is 3.18. The van der Waals surface area contributed by atoms with Gasteiger partial charge < -0.3 is 15.4 Å². The van der Waals surface area contributed by atoms with Crippen LogP contribution in [0.3, 0.4) is 0 Å². The van der Waals surface area contributed by atoms with Gasteiger partial charge >= 0.3 is 0 Å². The molecule has 0 radical (unpaired) electrons. The first-order chi connectivity index (χ1) is 9.72. The summed E-state index contributed by atoms with van der Waals surface area (Å²) < 4.78 is 5.19. The Balaban J connectivity index is 1.98. The van der Waals surface area contributed by atoms with E-state index in [1.165, 1.54) is 7.11 Å². The van der Waals surface area contributed by atoms with Crippen molar-refractivity contribution >= 4 is 11.6 Å². The number of piperazine rings is 1. The molecular formula is C14H18N4O2. The molecule has 1 aromatic rings. The van der Waals surface area contributed by atoms with E-state index in [1.807, 2.05) is 6.07 Å². The molecule has 20 heavy (non-hydrogen) atoms. The second-order valence-corrected chi connectivity index (χ2v) is 4.60. The number of carbonyl (C=O) groups excluding carboxylic acids is 1. The lowest BCUT2D eigenvalue weighted by molar-refractivity contribution is -0.117. The molecule has 1 amide bonds. The standard InChI is InChI=1S/C14H18N4O2/c1-20-13-8-11(9-15)2-3-12(13)17-14(19)10-18-6-4-16-5-7-18/h2-3,8,16H,4-7,10H2,1H3,(H,17,19). The van der Waals surface area contributed by atoms with Gasteiger partial charge in [-0.3, -0.25) is 9.69 Å². The molecule has 2 N–H and O–H groups in total. The average Bonchev–Trinajstić information content (AvgIpc) is 2.48. The zero-order valence-corrected chi connectivity index (χ0v) is 11.5. The molecule has 0 aromatic heterocycles. The Bertz CT molecular complexity index is 518. The number of nitrogens with zero attached hydrogens (tertiary/aromatic N) is 2. The van der Waals surface area contributed by atoms with Crippen LogP contribution in [0.4, 0.5) is 5.69 Å². The number of rotatable bonds is 4. The summed E-state index contributed by atoms with van der Waals surface area (Å²) in [5, 5.41) is 14.9. The van der Waals surface area contributed by atoms with Crippen LogP contribution in [-0.2, 0) is 4.79 Å². The Kier molecular flexibility index (Phi) is 4.93. The van der Waals surface area contributed by atoms with E-state index in [1.54, 1.807) is 18.2 Å². The lowest BCUT2D eigenvalue weighted by Gasteiger charge is -2.26. The van der Waals surface area contributed by atoms with Crippen molar-refractivity contribution in [3.05, 3.63) is 23.8 Å². The third kappa shape index (κ3) is 3.70. The summed E-state index contributed by atoms with van der Waals surface area (Å²) in [5.74, 6) is 0.424. The molecule has 6 nitrogen and oxygen atoms in total. The Labute approximate surface area is 118 Å². The average molecular weight is 274 g/mol. The van der Waals surface area contributed by atoms with E-state index in [4.69, 9.17) is 10.00 Å². The van der Waals surface area contributed by atoms with Crippen LogP contribution in [0.5, 0.6) is 5.75 Å². The van der Waals surface area contributed by atoms with Crippen LogP contribution in [0.25, 0.3) is 0 Å². The minimum absolute atomic E-state index is 0.0742. The highest BCUT2D eigenvalue weighted by Crippen LogP contribution is 2.25. The van der Waals surface area contributed by atoms with Crippen LogP contribution < -0.4 is 15.4 Å². The van der Waals surface area contributed by atoms with Gasteiger partial charge in [-0.25, -0.2) is 0 Å². The molecule has 0 atom stereocenters. The van der Waals surface area contributed by atoms with Crippen LogP contribution in [0, 0.1) is 11.3 Å². The van der Waals surface area contributed by atoms with Crippen LogP contribution >= 0.6 is 0 Å². The van der Waals surface area contributed by atoms with Crippen molar-refractivity contribution in [3.63, 3.8) is 0 Å². The van der Waals surface area contributed by atoms with Gasteiger partial charge in [0.1, 0.15) is 5.75 Å². The van der Waals surface area contributed by atoms with Crippen LogP contribution in [0.15, 0.2) is 18.2 Å². The number of ether oxygens (including phenoxy) is 1. The van der Waals surface area contributed by atoms with E-state index >= 15 is 0 Å². The minimum atomic E-state index is -0.0742. The number of anilines is 1. The molecule has 0 bridgehead atoms. The molecule has 0 saturated carbocycles. The molecule has 0 unspecified atom stereocenters. The molecule has 1 heterocycles. The van der Waals surface area contributed by atoms with Crippen molar-refractivity contribution in [1.29, 1.82) is 5.26 Å². The number of nitriles is 1. The molecule has 1 aromatic carbocycles. The number of methoxy groups -OCH3 is 1. The largest absolute Gasteiger partial charge is 0.495 e. The molecule has 6 heteroatoms. The van der Waals surface area contributed by atoms with Gasteiger partial charge in [-0.1, -0.05) is 0 Å². The van der Waals surface area contributed by atoms with Crippen molar-refractivity contribution in [3.8, 4) is 11.8 Å². The number of carbonyl (C=O) groups is 1. The van der Waals surface area contributed by atoms with Crippen molar-refractivity contribution in [1.82, 2.24) is 10.2 Å². The summed E-state index contributed by atoms with van der Waals surface area (Å²) in [5.41, 5.74) is 1.09. The fourth-order valence-corrected chi connectivity index (χ4v) is 2.13. The van der Waals surface area contributed by atoms with E-state index in [-0.39, 0.29) is 5.91 Å². The van der Waals surface area contributed by atoms with E-state index in [0.29, 0.717) is 23.5 Å². The molecular weight excluding hydrogens is 256 g/mol. The predicted octanol–water partition coefficient (Wildman–Crippen LogP) is 0.411. The molecule has 1 saturated heterocycles. The SMILES string of the molecule is COc1cc(C#N)ccc1NC(=O)CN1CCNCC1. The highest BCUT2D eigenvalue weighted by atomic mass is 16.5. The number of nitrogens with one attached hydrogen (secondary N) is 2. The number of hydrogen-bond acceptors (Lipinski definition) is 5. The highest BCUT2D eigenvalue weighted by molar-refractivity contribution is 5.93. The van der Waals surface area contributed by atoms with Gasteiger partial charge in [0.15, 0.2) is 0 Å². The molecule has 2 rings (SSSR count). The zero-order chi connectivity index (χ0) is 14.4. The molecule has 1 aliphatic heterocycles. The van der Waals surface area contributed by atoms with Gasteiger partial charge in [-0.2, -0.15) is 5.26 Å². The first kappa shape index (κ1) is 14.3. The molecule has 106 valence electrons. The summed E-state index contributed by atoms with van der Waals surface area (Å²) in [4.78, 5) is 14.1. The van der Waals surface area contributed by atoms with Gasteiger partial charge in [-0.15, -0.1) is 0 Å². The summed E-state index contributed by atoms with van der Waals surface area (Å²) in [6, 6.07) is 6.99. The smallest absolute Gasteiger partial charge is 0.238 e. The van der Waals surface area contributed by atoms with E-state index in [2.05, 4.69) is 15.5 Å². The van der Waals surface area contributed by atoms with Crippen LogP contribution in [0.1, 0.15) is 5.56 Å². The summed E-state index contributed by atoms with van der Waals surface area (Å²) >= 11 is 0. The maximum absolute atomic E-state index is 12.0. The maximum Gasteiger partial charge on any atom is 0.238 e. The van der Waals surface area contributed by atoms with Crippen molar-refractivity contribution in [2.24, 2.45) is 0 Å². The first-order valence-corrected chi connectivity index (χ1v) is 6.54. The van der Waals surface area contributed by atoms with Gasteiger partial charge in [-0.05, 0) is 12.1 Å². The Morgan fingerprint density at radius 3 is 2.90 bits per heavy atom. The highest BCUT2D eigenvalue weighted by Gasteiger charge is 2.15. The lowest BCUT2D eigenvalue weighted by Crippen LogP contribution is -2.46. The van der Waals surface area contributed by atoms with Crippen molar-refractivity contribution in [2.45, 2.75) is 0 Å². The maximum atomic E-state index is 12.0. The number of hydrogen-bond donors (Lipinski definition) is 2. The van der Waals surface area contributed by atoms with E-state index < -0.39 is 0 Å². The second kappa shape index (κ2) is 6.89. The lowest BCUT2D eigenvalue weighted by atomic mass is 10.2. The van der Waals surface area contributed by atoms with Crippen LogP contribution in [0.2, 0.25) is 0 Å². The van der Waals surface area contributed by atoms with Gasteiger partial charge in [0, 0.05) is 32.2 Å². The predicted molar refractivity (Wildman–Crippen MR) is 75.6 cm³/mol. The Morgan fingerprint density at radius 2 is 2.25 bits per heavy atom. The van der Waals surface area contributed by atoms with E-state index in [0.717, 1.165) is 26.2 Å². The fourth-order valence-electron chi connectivity index (χ4n) is 2.13. The summed E-state index contributed by atoms with van der Waals surface area (Å²) in [6.07, 6.45) is 0. The van der Waals surface area contributed by atoms with Gasteiger partial charge in [0.2, 0.25) is 5.91 Å². The number of amides is 1. The normalized spacial score (nSPS) is 15.4. The van der Waals surface area contributed by atoms with Gasteiger partial charge in [0.05, 0.1) is 31.0 Å².